The fourth-order valence-corrected chi connectivity index (χ4v) is 3.98. The van der Waals surface area contributed by atoms with Gasteiger partial charge >= 0.3 is 5.71 Å². The zero-order chi connectivity index (χ0) is 18.2. The number of hydrogen-bond donors (Lipinski definition) is 0. The maximum Gasteiger partial charge on any atom is 0.312 e. The van der Waals surface area contributed by atoms with E-state index >= 15 is 0 Å². The summed E-state index contributed by atoms with van der Waals surface area (Å²) in [6.45, 7) is 8.28. The predicted molar refractivity (Wildman–Crippen MR) is 105 cm³/mol. The molecular formula is C20H27N3OS. The summed E-state index contributed by atoms with van der Waals surface area (Å²) in [6, 6.07) is 10.5. The van der Waals surface area contributed by atoms with Gasteiger partial charge in [-0.2, -0.15) is 4.79 Å². The Labute approximate surface area is 155 Å². The number of ether oxygens (including phenoxy) is 1. The first kappa shape index (κ1) is 19.4. The molecule has 0 saturated heterocycles. The Morgan fingerprint density at radius 3 is 2.52 bits per heavy atom. The summed E-state index contributed by atoms with van der Waals surface area (Å²) in [4.78, 5) is 5.81. The summed E-state index contributed by atoms with van der Waals surface area (Å²) >= 11 is 1.71. The van der Waals surface area contributed by atoms with Crippen LogP contribution in [0.2, 0.25) is 0 Å². The SMILES string of the molecule is CCSC1C(=[N+]=[N-])C=CC(N(Cc2ccccc2)CC(C)C)=C1OC. The third-order valence-electron chi connectivity index (χ3n) is 3.98. The molecular weight excluding hydrogens is 330 g/mol. The van der Waals surface area contributed by atoms with Crippen LogP contribution in [0.15, 0.2) is 53.9 Å². The van der Waals surface area contributed by atoms with Gasteiger partial charge in [0.05, 0.1) is 12.8 Å². The number of thioether (sulfide) groups is 1. The second-order valence-electron chi connectivity index (χ2n) is 6.41. The van der Waals surface area contributed by atoms with Gasteiger partial charge in [0.1, 0.15) is 5.76 Å². The molecule has 0 saturated carbocycles. The van der Waals surface area contributed by atoms with Crippen molar-refractivity contribution in [2.24, 2.45) is 5.92 Å². The number of hydrogen-bond acceptors (Lipinski definition) is 3. The Kier molecular flexibility index (Phi) is 7.35. The second kappa shape index (κ2) is 9.50. The van der Waals surface area contributed by atoms with E-state index in [1.165, 1.54) is 5.56 Å². The average molecular weight is 358 g/mol. The Morgan fingerprint density at radius 2 is 1.96 bits per heavy atom. The molecule has 0 amide bonds. The zero-order valence-electron chi connectivity index (χ0n) is 15.5. The molecule has 1 unspecified atom stereocenters. The van der Waals surface area contributed by atoms with Gasteiger partial charge in [-0.05, 0) is 23.3 Å². The molecule has 25 heavy (non-hydrogen) atoms. The predicted octanol–water partition coefficient (Wildman–Crippen LogP) is 4.36. The molecule has 0 aromatic heterocycles. The lowest BCUT2D eigenvalue weighted by Crippen LogP contribution is -2.33. The summed E-state index contributed by atoms with van der Waals surface area (Å²) in [5.74, 6) is 2.30. The standard InChI is InChI=1S/C20H27N3OS/c1-5-25-20-17(22-21)11-12-18(19(20)24-4)23(13-15(2)3)14-16-9-7-6-8-10-16/h6-12,15,20H,5,13-14H2,1-4H3. The van der Waals surface area contributed by atoms with Gasteiger partial charge in [-0.15, -0.1) is 11.8 Å². The lowest BCUT2D eigenvalue weighted by Gasteiger charge is -2.32. The zero-order valence-corrected chi connectivity index (χ0v) is 16.3. The van der Waals surface area contributed by atoms with E-state index in [1.807, 2.05) is 18.2 Å². The van der Waals surface area contributed by atoms with Crippen LogP contribution in [-0.4, -0.2) is 40.1 Å². The first-order valence-corrected chi connectivity index (χ1v) is 9.74. The molecule has 134 valence electrons. The summed E-state index contributed by atoms with van der Waals surface area (Å²) < 4.78 is 5.78. The molecule has 0 fully saturated rings. The fourth-order valence-electron chi connectivity index (χ4n) is 2.98. The van der Waals surface area contributed by atoms with Crippen LogP contribution >= 0.6 is 11.8 Å². The summed E-state index contributed by atoms with van der Waals surface area (Å²) in [6.07, 6.45) is 3.90. The van der Waals surface area contributed by atoms with E-state index in [1.54, 1.807) is 18.9 Å². The van der Waals surface area contributed by atoms with Crippen LogP contribution in [0.5, 0.6) is 0 Å². The quantitative estimate of drug-likeness (QED) is 0.513. The topological polar surface area (TPSA) is 48.9 Å². The van der Waals surface area contributed by atoms with E-state index in [4.69, 9.17) is 4.74 Å². The highest BCUT2D eigenvalue weighted by Gasteiger charge is 2.34. The molecule has 0 spiro atoms. The van der Waals surface area contributed by atoms with Crippen molar-refractivity contribution in [3.05, 3.63) is 65.0 Å². The minimum Gasteiger partial charge on any atom is -0.497 e. The van der Waals surface area contributed by atoms with Crippen molar-refractivity contribution in [2.45, 2.75) is 32.6 Å². The Bertz CT molecular complexity index is 675. The van der Waals surface area contributed by atoms with Crippen LogP contribution in [0.25, 0.3) is 5.53 Å². The third kappa shape index (κ3) is 5.00. The number of benzene rings is 1. The Morgan fingerprint density at radius 1 is 1.24 bits per heavy atom. The highest BCUT2D eigenvalue weighted by Crippen LogP contribution is 2.31. The molecule has 4 nitrogen and oxygen atoms in total. The van der Waals surface area contributed by atoms with Gasteiger partial charge in [0.25, 0.3) is 0 Å². The number of rotatable bonds is 8. The van der Waals surface area contributed by atoms with Crippen LogP contribution in [0, 0.1) is 5.92 Å². The summed E-state index contributed by atoms with van der Waals surface area (Å²) in [5, 5.41) is -0.0783. The highest BCUT2D eigenvalue weighted by molar-refractivity contribution is 8.00. The van der Waals surface area contributed by atoms with Crippen molar-refractivity contribution in [3.63, 3.8) is 0 Å². The van der Waals surface area contributed by atoms with Crippen LogP contribution < -0.4 is 0 Å². The lowest BCUT2D eigenvalue weighted by atomic mass is 10.0. The highest BCUT2D eigenvalue weighted by atomic mass is 32.2. The second-order valence-corrected chi connectivity index (χ2v) is 7.79. The minimum atomic E-state index is -0.0783. The first-order chi connectivity index (χ1) is 12.1. The van der Waals surface area contributed by atoms with Crippen molar-refractivity contribution in [1.29, 1.82) is 0 Å². The molecule has 1 aliphatic carbocycles. The molecule has 0 N–H and O–H groups in total. The normalized spacial score (nSPS) is 17.0. The molecule has 1 aromatic rings. The Balaban J connectivity index is 2.42. The molecule has 1 atom stereocenters. The van der Waals surface area contributed by atoms with Gasteiger partial charge in [-0.3, -0.25) is 0 Å². The monoisotopic (exact) mass is 357 g/mol. The summed E-state index contributed by atoms with van der Waals surface area (Å²) in [7, 11) is 1.70. The maximum atomic E-state index is 9.34. The van der Waals surface area contributed by atoms with E-state index < -0.39 is 0 Å². The van der Waals surface area contributed by atoms with Gasteiger partial charge in [0, 0.05) is 19.2 Å². The molecule has 0 aliphatic heterocycles. The maximum absolute atomic E-state index is 9.34. The van der Waals surface area contributed by atoms with Crippen molar-refractivity contribution in [3.8, 4) is 0 Å². The average Bonchev–Trinajstić information content (AvgIpc) is 2.61. The van der Waals surface area contributed by atoms with Gasteiger partial charge in [-0.25, -0.2) is 0 Å². The third-order valence-corrected chi connectivity index (χ3v) is 5.10. The Hall–Kier alpha value is -1.97. The molecule has 5 heteroatoms. The molecule has 2 rings (SSSR count). The van der Waals surface area contributed by atoms with E-state index in [-0.39, 0.29) is 5.25 Å². The molecule has 1 aliphatic rings. The van der Waals surface area contributed by atoms with Crippen LogP contribution in [0.1, 0.15) is 26.3 Å². The van der Waals surface area contributed by atoms with E-state index in [0.29, 0.717) is 11.6 Å². The number of nitrogens with zero attached hydrogens (tertiary/aromatic N) is 3. The van der Waals surface area contributed by atoms with Crippen molar-refractivity contribution in [1.82, 2.24) is 4.90 Å². The molecule has 0 radical (unpaired) electrons. The van der Waals surface area contributed by atoms with Crippen LogP contribution in [-0.2, 0) is 11.3 Å². The van der Waals surface area contributed by atoms with Crippen molar-refractivity contribution >= 4 is 17.5 Å². The van der Waals surface area contributed by atoms with Crippen LogP contribution in [0.4, 0.5) is 0 Å². The first-order valence-electron chi connectivity index (χ1n) is 8.69. The van der Waals surface area contributed by atoms with E-state index in [2.05, 4.69) is 54.7 Å². The largest absolute Gasteiger partial charge is 0.497 e. The smallest absolute Gasteiger partial charge is 0.312 e. The van der Waals surface area contributed by atoms with Crippen LogP contribution in [0.3, 0.4) is 0 Å². The summed E-state index contributed by atoms with van der Waals surface area (Å²) in [5.41, 5.74) is 12.3. The van der Waals surface area contributed by atoms with E-state index in [0.717, 1.165) is 30.3 Å². The lowest BCUT2D eigenvalue weighted by molar-refractivity contribution is -0.00628. The van der Waals surface area contributed by atoms with Crippen molar-refractivity contribution in [2.75, 3.05) is 19.4 Å². The number of allylic oxidation sites excluding steroid dienone is 2. The van der Waals surface area contributed by atoms with Gasteiger partial charge in [-0.1, -0.05) is 51.1 Å². The fraction of sp³-hybridized carbons (Fsp3) is 0.450. The van der Waals surface area contributed by atoms with Gasteiger partial charge in [0.15, 0.2) is 5.25 Å². The molecule has 1 aromatic carbocycles. The number of methoxy groups -OCH3 is 1. The van der Waals surface area contributed by atoms with E-state index in [9.17, 15) is 5.53 Å². The van der Waals surface area contributed by atoms with Gasteiger partial charge in [0.2, 0.25) is 0 Å². The minimum absolute atomic E-state index is 0.0783. The molecule has 0 bridgehead atoms. The van der Waals surface area contributed by atoms with Gasteiger partial charge < -0.3 is 15.2 Å². The molecule has 0 heterocycles. The van der Waals surface area contributed by atoms with Crippen molar-refractivity contribution < 1.29 is 9.53 Å².